The van der Waals surface area contributed by atoms with E-state index < -0.39 is 0 Å². The lowest BCUT2D eigenvalue weighted by molar-refractivity contribution is 0.0564. The number of rotatable bonds is 3. The van der Waals surface area contributed by atoms with Crippen LogP contribution in [-0.4, -0.2) is 48.9 Å². The summed E-state index contributed by atoms with van der Waals surface area (Å²) >= 11 is 0. The molecule has 1 aromatic carbocycles. The zero-order valence-corrected chi connectivity index (χ0v) is 10.7. The van der Waals surface area contributed by atoms with Gasteiger partial charge in [0, 0.05) is 18.8 Å². The number of nitrogens with one attached hydrogen (secondary N) is 1. The number of amides is 2. The van der Waals surface area contributed by atoms with Crippen LogP contribution < -0.4 is 5.32 Å². The Hall–Kier alpha value is -1.85. The van der Waals surface area contributed by atoms with Crippen LogP contribution in [0.1, 0.15) is 5.56 Å². The number of morpholine rings is 1. The van der Waals surface area contributed by atoms with Crippen LogP contribution in [0, 0.1) is 0 Å². The number of benzene rings is 1. The normalized spacial score (nSPS) is 15.7. The van der Waals surface area contributed by atoms with Gasteiger partial charge in [0.15, 0.2) is 0 Å². The van der Waals surface area contributed by atoms with Crippen LogP contribution in [-0.2, 0) is 4.74 Å². The number of aliphatic hydroxyl groups is 1. The van der Waals surface area contributed by atoms with Gasteiger partial charge in [-0.15, -0.1) is 0 Å². The van der Waals surface area contributed by atoms with E-state index in [0.29, 0.717) is 26.3 Å². The number of urea groups is 1. The van der Waals surface area contributed by atoms with Gasteiger partial charge in [0.2, 0.25) is 0 Å². The molecule has 0 atom stereocenters. The van der Waals surface area contributed by atoms with E-state index >= 15 is 0 Å². The fourth-order valence-corrected chi connectivity index (χ4v) is 1.88. The van der Waals surface area contributed by atoms with E-state index in [0.717, 1.165) is 11.3 Å². The van der Waals surface area contributed by atoms with E-state index in [4.69, 9.17) is 9.84 Å². The third-order valence-electron chi connectivity index (χ3n) is 2.85. The topological polar surface area (TPSA) is 61.8 Å². The van der Waals surface area contributed by atoms with Crippen molar-refractivity contribution in [2.75, 3.05) is 38.2 Å². The third kappa shape index (κ3) is 4.08. The van der Waals surface area contributed by atoms with Crippen molar-refractivity contribution in [2.24, 2.45) is 0 Å². The summed E-state index contributed by atoms with van der Waals surface area (Å²) in [6.07, 6.45) is 3.47. The van der Waals surface area contributed by atoms with Crippen LogP contribution in [0.15, 0.2) is 30.3 Å². The molecule has 5 nitrogen and oxygen atoms in total. The molecule has 0 spiro atoms. The molecule has 2 amide bonds. The number of aliphatic hydroxyl groups excluding tert-OH is 1. The molecule has 0 unspecified atom stereocenters. The minimum absolute atomic E-state index is 0.00433. The van der Waals surface area contributed by atoms with E-state index in [1.807, 2.05) is 30.3 Å². The maximum Gasteiger partial charge on any atom is 0.321 e. The van der Waals surface area contributed by atoms with Crippen molar-refractivity contribution in [1.29, 1.82) is 0 Å². The summed E-state index contributed by atoms with van der Waals surface area (Å²) in [4.78, 5) is 13.7. The van der Waals surface area contributed by atoms with Crippen LogP contribution >= 0.6 is 0 Å². The van der Waals surface area contributed by atoms with Gasteiger partial charge in [-0.3, -0.25) is 0 Å². The molecule has 0 saturated carbocycles. The summed E-state index contributed by atoms with van der Waals surface area (Å²) < 4.78 is 5.21. The molecule has 19 heavy (non-hydrogen) atoms. The van der Waals surface area contributed by atoms with Gasteiger partial charge >= 0.3 is 6.03 Å². The second-order valence-corrected chi connectivity index (χ2v) is 4.24. The van der Waals surface area contributed by atoms with E-state index in [1.165, 1.54) is 0 Å². The molecule has 2 N–H and O–H groups in total. The van der Waals surface area contributed by atoms with Crippen LogP contribution in [0.25, 0.3) is 6.08 Å². The predicted molar refractivity (Wildman–Crippen MR) is 74.0 cm³/mol. The van der Waals surface area contributed by atoms with Crippen molar-refractivity contribution in [1.82, 2.24) is 4.90 Å². The first-order valence-electron chi connectivity index (χ1n) is 6.31. The number of hydrogen-bond acceptors (Lipinski definition) is 3. The lowest BCUT2D eigenvalue weighted by Gasteiger charge is -2.26. The van der Waals surface area contributed by atoms with Crippen LogP contribution in [0.4, 0.5) is 10.5 Å². The van der Waals surface area contributed by atoms with Crippen LogP contribution in [0.5, 0.6) is 0 Å². The second-order valence-electron chi connectivity index (χ2n) is 4.24. The predicted octanol–water partition coefficient (Wildman–Crippen LogP) is 1.56. The van der Waals surface area contributed by atoms with Gasteiger partial charge < -0.3 is 20.1 Å². The van der Waals surface area contributed by atoms with Crippen molar-refractivity contribution in [3.8, 4) is 0 Å². The number of hydrogen-bond donors (Lipinski definition) is 2. The largest absolute Gasteiger partial charge is 0.392 e. The Morgan fingerprint density at radius 1 is 1.42 bits per heavy atom. The Morgan fingerprint density at radius 3 is 2.95 bits per heavy atom. The van der Waals surface area contributed by atoms with Crippen LogP contribution in [0.3, 0.4) is 0 Å². The van der Waals surface area contributed by atoms with Gasteiger partial charge in [-0.05, 0) is 17.7 Å². The Morgan fingerprint density at radius 2 is 2.21 bits per heavy atom. The fourth-order valence-electron chi connectivity index (χ4n) is 1.88. The molecule has 1 aliphatic rings. The Balaban J connectivity index is 1.97. The van der Waals surface area contributed by atoms with E-state index in [-0.39, 0.29) is 12.6 Å². The first kappa shape index (κ1) is 13.6. The Labute approximate surface area is 112 Å². The zero-order chi connectivity index (χ0) is 13.5. The van der Waals surface area contributed by atoms with Crippen molar-refractivity contribution in [3.63, 3.8) is 0 Å². The zero-order valence-electron chi connectivity index (χ0n) is 10.7. The Kier molecular flexibility index (Phi) is 4.94. The average Bonchev–Trinajstić information content (AvgIpc) is 2.46. The maximum absolute atomic E-state index is 12.0. The summed E-state index contributed by atoms with van der Waals surface area (Å²) in [6.45, 7) is 2.43. The van der Waals surface area contributed by atoms with Crippen molar-refractivity contribution < 1.29 is 14.6 Å². The molecule has 0 aliphatic carbocycles. The SMILES string of the molecule is O=C(Nc1cccc(C=CCO)c1)N1CCOCC1. The molecule has 0 radical (unpaired) electrons. The molecule has 102 valence electrons. The smallest absolute Gasteiger partial charge is 0.321 e. The highest BCUT2D eigenvalue weighted by Crippen LogP contribution is 2.13. The molecule has 2 rings (SSSR count). The molecule has 0 aromatic heterocycles. The Bertz CT molecular complexity index is 454. The number of carbonyl (C=O) groups is 1. The number of ether oxygens (including phenoxy) is 1. The van der Waals surface area contributed by atoms with Crippen molar-refractivity contribution in [3.05, 3.63) is 35.9 Å². The van der Waals surface area contributed by atoms with Gasteiger partial charge in [-0.2, -0.15) is 0 Å². The molecular weight excluding hydrogens is 244 g/mol. The second kappa shape index (κ2) is 6.92. The highest BCUT2D eigenvalue weighted by Gasteiger charge is 2.16. The fraction of sp³-hybridized carbons (Fsp3) is 0.357. The molecule has 0 bridgehead atoms. The molecule has 1 heterocycles. The van der Waals surface area contributed by atoms with E-state index in [2.05, 4.69) is 5.32 Å². The number of nitrogens with zero attached hydrogens (tertiary/aromatic N) is 1. The van der Waals surface area contributed by atoms with E-state index in [1.54, 1.807) is 11.0 Å². The van der Waals surface area contributed by atoms with Gasteiger partial charge in [0.25, 0.3) is 0 Å². The highest BCUT2D eigenvalue weighted by atomic mass is 16.5. The average molecular weight is 262 g/mol. The summed E-state index contributed by atoms with van der Waals surface area (Å²) in [7, 11) is 0. The molecular formula is C14H18N2O3. The standard InChI is InChI=1S/C14H18N2O3/c17-8-2-4-12-3-1-5-13(11-12)15-14(18)16-6-9-19-10-7-16/h1-5,11,17H,6-10H2,(H,15,18). The first-order valence-corrected chi connectivity index (χ1v) is 6.31. The van der Waals surface area contributed by atoms with Gasteiger partial charge in [-0.1, -0.05) is 24.3 Å². The highest BCUT2D eigenvalue weighted by molar-refractivity contribution is 5.89. The third-order valence-corrected chi connectivity index (χ3v) is 2.85. The molecule has 1 aromatic rings. The lowest BCUT2D eigenvalue weighted by atomic mass is 10.2. The van der Waals surface area contributed by atoms with Crippen molar-refractivity contribution in [2.45, 2.75) is 0 Å². The quantitative estimate of drug-likeness (QED) is 0.869. The summed E-state index contributed by atoms with van der Waals surface area (Å²) in [6, 6.07) is 7.38. The van der Waals surface area contributed by atoms with Crippen molar-refractivity contribution >= 4 is 17.8 Å². The van der Waals surface area contributed by atoms with Crippen LogP contribution in [0.2, 0.25) is 0 Å². The minimum Gasteiger partial charge on any atom is -0.392 e. The number of anilines is 1. The van der Waals surface area contributed by atoms with Gasteiger partial charge in [-0.25, -0.2) is 4.79 Å². The van der Waals surface area contributed by atoms with Gasteiger partial charge in [0.05, 0.1) is 19.8 Å². The lowest BCUT2D eigenvalue weighted by Crippen LogP contribution is -2.43. The molecule has 1 saturated heterocycles. The summed E-state index contributed by atoms with van der Waals surface area (Å²) in [5.74, 6) is 0. The first-order chi connectivity index (χ1) is 9.29. The summed E-state index contributed by atoms with van der Waals surface area (Å²) in [5, 5.41) is 11.6. The van der Waals surface area contributed by atoms with E-state index in [9.17, 15) is 4.79 Å². The number of carbonyl (C=O) groups excluding carboxylic acids is 1. The summed E-state index contributed by atoms with van der Waals surface area (Å²) in [5.41, 5.74) is 1.69. The molecule has 5 heteroatoms. The molecule has 1 aliphatic heterocycles. The van der Waals surface area contributed by atoms with Gasteiger partial charge in [0.1, 0.15) is 0 Å². The minimum atomic E-state index is -0.105. The monoisotopic (exact) mass is 262 g/mol. The maximum atomic E-state index is 12.0. The molecule has 1 fully saturated rings.